The number of hydrogen-bond acceptors (Lipinski definition) is 2. The minimum absolute atomic E-state index is 0.00546. The molecule has 1 aromatic rings. The van der Waals surface area contributed by atoms with Gasteiger partial charge >= 0.3 is 0 Å². The van der Waals surface area contributed by atoms with Crippen molar-refractivity contribution < 1.29 is 9.59 Å². The predicted molar refractivity (Wildman–Crippen MR) is 89.4 cm³/mol. The Morgan fingerprint density at radius 1 is 1.17 bits per heavy atom. The van der Waals surface area contributed by atoms with Crippen LogP contribution >= 0.6 is 0 Å². The first-order valence-corrected chi connectivity index (χ1v) is 8.57. The second-order valence-corrected chi connectivity index (χ2v) is 7.64. The van der Waals surface area contributed by atoms with Gasteiger partial charge in [0.05, 0.1) is 0 Å². The molecule has 1 saturated carbocycles. The molecule has 1 heterocycles. The third kappa shape index (κ3) is 2.99. The second-order valence-electron chi connectivity index (χ2n) is 7.64. The molecule has 1 aliphatic heterocycles. The van der Waals surface area contributed by atoms with E-state index in [1.165, 1.54) is 6.42 Å². The van der Waals surface area contributed by atoms with Gasteiger partial charge in [-0.1, -0.05) is 51.0 Å². The van der Waals surface area contributed by atoms with Gasteiger partial charge in [0.25, 0.3) is 0 Å². The van der Waals surface area contributed by atoms with Crippen LogP contribution in [0.5, 0.6) is 0 Å². The highest BCUT2D eigenvalue weighted by atomic mass is 16.2. The first-order valence-electron chi connectivity index (χ1n) is 8.57. The van der Waals surface area contributed by atoms with E-state index in [2.05, 4.69) is 13.8 Å². The van der Waals surface area contributed by atoms with Crippen molar-refractivity contribution in [1.29, 1.82) is 0 Å². The maximum atomic E-state index is 13.2. The van der Waals surface area contributed by atoms with Crippen molar-refractivity contribution in [3.8, 4) is 0 Å². The highest BCUT2D eigenvalue weighted by molar-refractivity contribution is 5.88. The molecular formula is C19H26N2O2. The van der Waals surface area contributed by atoms with Crippen molar-refractivity contribution in [2.75, 3.05) is 0 Å². The molecule has 1 unspecified atom stereocenters. The molecule has 2 N–H and O–H groups in total. The number of fused-ring (bicyclic) bond motifs is 1. The molecule has 2 aliphatic rings. The Morgan fingerprint density at radius 3 is 2.52 bits per heavy atom. The molecule has 0 aromatic heterocycles. The van der Waals surface area contributed by atoms with Gasteiger partial charge < -0.3 is 10.6 Å². The Morgan fingerprint density at radius 2 is 1.87 bits per heavy atom. The lowest BCUT2D eigenvalue weighted by molar-refractivity contribution is -0.148. The normalized spacial score (nSPS) is 26.4. The zero-order valence-electron chi connectivity index (χ0n) is 14.0. The Balaban J connectivity index is 1.90. The van der Waals surface area contributed by atoms with Gasteiger partial charge in [0, 0.05) is 18.9 Å². The predicted octanol–water partition coefficient (Wildman–Crippen LogP) is 2.64. The summed E-state index contributed by atoms with van der Waals surface area (Å²) in [6.45, 7) is 4.84. The summed E-state index contributed by atoms with van der Waals surface area (Å²) in [5.41, 5.74) is 7.87. The topological polar surface area (TPSA) is 63.4 Å². The fourth-order valence-corrected chi connectivity index (χ4v) is 4.16. The molecular weight excluding hydrogens is 288 g/mol. The van der Waals surface area contributed by atoms with Gasteiger partial charge in [-0.2, -0.15) is 0 Å². The number of rotatable bonds is 2. The van der Waals surface area contributed by atoms with Crippen LogP contribution in [0.2, 0.25) is 0 Å². The molecule has 0 bridgehead atoms. The van der Waals surface area contributed by atoms with Crippen LogP contribution < -0.4 is 5.73 Å². The van der Waals surface area contributed by atoms with Gasteiger partial charge in [-0.25, -0.2) is 0 Å². The number of benzene rings is 1. The van der Waals surface area contributed by atoms with Crippen molar-refractivity contribution in [1.82, 2.24) is 4.90 Å². The van der Waals surface area contributed by atoms with Crippen LogP contribution in [0, 0.1) is 11.3 Å². The van der Waals surface area contributed by atoms with Crippen molar-refractivity contribution in [3.05, 3.63) is 35.4 Å². The number of nitrogens with two attached hydrogens (primary N) is 1. The summed E-state index contributed by atoms with van der Waals surface area (Å²) in [6.07, 6.45) is 4.78. The Bertz CT molecular complexity index is 624. The summed E-state index contributed by atoms with van der Waals surface area (Å²) in [4.78, 5) is 26.9. The maximum absolute atomic E-state index is 13.2. The smallest absolute Gasteiger partial charge is 0.240 e. The minimum atomic E-state index is -0.518. The second kappa shape index (κ2) is 5.99. The van der Waals surface area contributed by atoms with Crippen LogP contribution in [0.4, 0.5) is 0 Å². The van der Waals surface area contributed by atoms with Crippen LogP contribution in [0.25, 0.3) is 0 Å². The number of primary amides is 1. The number of hydrogen-bond donors (Lipinski definition) is 1. The Kier molecular flexibility index (Phi) is 4.17. The van der Waals surface area contributed by atoms with E-state index < -0.39 is 11.9 Å². The zero-order valence-corrected chi connectivity index (χ0v) is 14.0. The molecule has 4 heteroatoms. The molecule has 1 fully saturated rings. The molecule has 2 amide bonds. The van der Waals surface area contributed by atoms with Crippen LogP contribution in [0.3, 0.4) is 0 Å². The third-order valence-electron chi connectivity index (χ3n) is 5.67. The monoisotopic (exact) mass is 314 g/mol. The maximum Gasteiger partial charge on any atom is 0.240 e. The number of carbonyl (C=O) groups is 2. The summed E-state index contributed by atoms with van der Waals surface area (Å²) >= 11 is 0. The molecule has 2 atom stereocenters. The lowest BCUT2D eigenvalue weighted by Gasteiger charge is -2.43. The van der Waals surface area contributed by atoms with Crippen LogP contribution in [-0.4, -0.2) is 22.8 Å². The van der Waals surface area contributed by atoms with E-state index in [0.717, 1.165) is 30.4 Å². The minimum Gasteiger partial charge on any atom is -0.368 e. The number of amides is 2. The quantitative estimate of drug-likeness (QED) is 0.912. The van der Waals surface area contributed by atoms with Gasteiger partial charge in [0.15, 0.2) is 0 Å². The van der Waals surface area contributed by atoms with Crippen molar-refractivity contribution >= 4 is 11.8 Å². The van der Waals surface area contributed by atoms with Crippen LogP contribution in [0.15, 0.2) is 24.3 Å². The lowest BCUT2D eigenvalue weighted by atomic mass is 9.68. The summed E-state index contributed by atoms with van der Waals surface area (Å²) in [5.74, 6) is -0.308. The average Bonchev–Trinajstić information content (AvgIpc) is 2.52. The fourth-order valence-electron chi connectivity index (χ4n) is 4.16. The fraction of sp³-hybridized carbons (Fsp3) is 0.579. The molecule has 124 valence electrons. The highest BCUT2D eigenvalue weighted by Gasteiger charge is 2.43. The Hall–Kier alpha value is -1.84. The molecule has 0 spiro atoms. The largest absolute Gasteiger partial charge is 0.368 e. The third-order valence-corrected chi connectivity index (χ3v) is 5.67. The van der Waals surface area contributed by atoms with Crippen molar-refractivity contribution in [2.24, 2.45) is 17.1 Å². The van der Waals surface area contributed by atoms with E-state index in [1.807, 2.05) is 24.3 Å². The van der Waals surface area contributed by atoms with Gasteiger partial charge in [-0.15, -0.1) is 0 Å². The van der Waals surface area contributed by atoms with E-state index in [-0.39, 0.29) is 17.2 Å². The van der Waals surface area contributed by atoms with Gasteiger partial charge in [0.1, 0.15) is 6.04 Å². The van der Waals surface area contributed by atoms with Crippen LogP contribution in [-0.2, 0) is 22.6 Å². The average molecular weight is 314 g/mol. The molecule has 1 aromatic carbocycles. The van der Waals surface area contributed by atoms with Crippen molar-refractivity contribution in [3.63, 3.8) is 0 Å². The SMILES string of the molecule is CC1(C)CCCCC1C(=O)N1Cc2ccccc2C[C@H]1C(N)=O. The first kappa shape index (κ1) is 16.0. The summed E-state index contributed by atoms with van der Waals surface area (Å²) in [6, 6.07) is 7.50. The summed E-state index contributed by atoms with van der Waals surface area (Å²) < 4.78 is 0. The Labute approximate surface area is 138 Å². The van der Waals surface area contributed by atoms with E-state index in [4.69, 9.17) is 5.73 Å². The zero-order chi connectivity index (χ0) is 16.6. The molecule has 23 heavy (non-hydrogen) atoms. The molecule has 0 saturated heterocycles. The van der Waals surface area contributed by atoms with E-state index >= 15 is 0 Å². The van der Waals surface area contributed by atoms with Gasteiger partial charge in [-0.05, 0) is 29.4 Å². The van der Waals surface area contributed by atoms with E-state index in [1.54, 1.807) is 4.90 Å². The molecule has 3 rings (SSSR count). The van der Waals surface area contributed by atoms with Crippen molar-refractivity contribution in [2.45, 2.75) is 58.5 Å². The molecule has 1 aliphatic carbocycles. The lowest BCUT2D eigenvalue weighted by Crippen LogP contribution is -2.54. The number of nitrogens with zero attached hydrogens (tertiary/aromatic N) is 1. The first-order chi connectivity index (χ1) is 10.9. The number of carbonyl (C=O) groups excluding carboxylic acids is 2. The summed E-state index contributed by atoms with van der Waals surface area (Å²) in [5, 5.41) is 0. The van der Waals surface area contributed by atoms with E-state index in [0.29, 0.717) is 13.0 Å². The molecule has 0 radical (unpaired) electrons. The standard InChI is InChI=1S/C19H26N2O2/c1-19(2)10-6-5-9-15(19)18(23)21-12-14-8-4-3-7-13(14)11-16(21)17(20)22/h3-4,7-8,15-16H,5-6,9-12H2,1-2H3,(H2,20,22)/t15?,16-/m0/s1. The molecule has 4 nitrogen and oxygen atoms in total. The van der Waals surface area contributed by atoms with Crippen LogP contribution in [0.1, 0.15) is 50.7 Å². The van der Waals surface area contributed by atoms with Gasteiger partial charge in [0.2, 0.25) is 11.8 Å². The van der Waals surface area contributed by atoms with Gasteiger partial charge in [-0.3, -0.25) is 9.59 Å². The summed E-state index contributed by atoms with van der Waals surface area (Å²) in [7, 11) is 0. The highest BCUT2D eigenvalue weighted by Crippen LogP contribution is 2.42. The van der Waals surface area contributed by atoms with E-state index in [9.17, 15) is 9.59 Å².